The molecule has 0 radical (unpaired) electrons. The molecule has 8 heteroatoms. The second-order valence-corrected chi connectivity index (χ2v) is 6.28. The third-order valence-electron chi connectivity index (χ3n) is 3.99. The van der Waals surface area contributed by atoms with Crippen LogP contribution in [0.5, 0.6) is 0 Å². The second kappa shape index (κ2) is 17.0. The van der Waals surface area contributed by atoms with Crippen molar-refractivity contribution in [3.05, 3.63) is 34.7 Å². The van der Waals surface area contributed by atoms with Gasteiger partial charge >= 0.3 is 0 Å². The molecule has 0 aliphatic carbocycles. The van der Waals surface area contributed by atoms with Crippen LogP contribution >= 0.6 is 24.0 Å². The molecule has 0 atom stereocenters. The Morgan fingerprint density at radius 3 is 2.74 bits per heavy atom. The van der Waals surface area contributed by atoms with E-state index in [1.807, 2.05) is 12.3 Å². The van der Waals surface area contributed by atoms with Gasteiger partial charge in [0, 0.05) is 65.2 Å². The van der Waals surface area contributed by atoms with Gasteiger partial charge in [-0.3, -0.25) is 9.79 Å². The van der Waals surface area contributed by atoms with Crippen LogP contribution in [0.25, 0.3) is 0 Å². The van der Waals surface area contributed by atoms with Gasteiger partial charge in [-0.1, -0.05) is 6.07 Å². The molecule has 0 bridgehead atoms. The summed E-state index contributed by atoms with van der Waals surface area (Å²) in [5, 5.41) is 6.64. The summed E-state index contributed by atoms with van der Waals surface area (Å²) in [7, 11) is 3.85. The topological polar surface area (TPSA) is 70.9 Å². The van der Waals surface area contributed by atoms with Gasteiger partial charge in [-0.15, -0.1) is 24.0 Å². The summed E-state index contributed by atoms with van der Waals surface area (Å²) in [6.45, 7) is 8.05. The number of unbranched alkanes of at least 4 members (excludes halogenated alkanes) is 1. The first kappa shape index (κ1) is 25.9. The lowest BCUT2D eigenvalue weighted by Gasteiger charge is -2.18. The summed E-state index contributed by atoms with van der Waals surface area (Å²) in [5.74, 6) is 0.856. The van der Waals surface area contributed by atoms with Gasteiger partial charge < -0.3 is 24.8 Å². The van der Waals surface area contributed by atoms with E-state index < -0.39 is 0 Å². The molecule has 0 saturated heterocycles. The van der Waals surface area contributed by atoms with E-state index in [0.29, 0.717) is 0 Å². The fraction of sp³-hybridized carbons (Fsp3) is 0.684. The molecule has 0 aliphatic heterocycles. The third kappa shape index (κ3) is 12.8. The molecule has 1 aromatic heterocycles. The summed E-state index contributed by atoms with van der Waals surface area (Å²) in [4.78, 5) is 18.5. The number of hydrogen-bond acceptors (Lipinski definition) is 4. The van der Waals surface area contributed by atoms with Crippen LogP contribution in [0.4, 0.5) is 0 Å². The lowest BCUT2D eigenvalue weighted by molar-refractivity contribution is 0.180. The molecule has 0 fully saturated rings. The minimum atomic E-state index is 0. The number of nitrogens with zero attached hydrogens (tertiary/aromatic N) is 3. The van der Waals surface area contributed by atoms with Gasteiger partial charge in [-0.25, -0.2) is 0 Å². The number of ether oxygens (including phenoxy) is 1. The number of halogens is 1. The summed E-state index contributed by atoms with van der Waals surface area (Å²) < 4.78 is 6.82. The first-order valence-electron chi connectivity index (χ1n) is 9.52. The fourth-order valence-electron chi connectivity index (χ4n) is 2.53. The van der Waals surface area contributed by atoms with E-state index in [2.05, 4.69) is 34.5 Å². The van der Waals surface area contributed by atoms with Crippen LogP contribution in [0.3, 0.4) is 0 Å². The molecule has 0 spiro atoms. The van der Waals surface area contributed by atoms with Gasteiger partial charge in [-0.2, -0.15) is 0 Å². The van der Waals surface area contributed by atoms with Gasteiger partial charge in [0.2, 0.25) is 5.56 Å². The predicted octanol–water partition coefficient (Wildman–Crippen LogP) is 1.77. The molecule has 2 N–H and O–H groups in total. The lowest BCUT2D eigenvalue weighted by atomic mass is 10.3. The monoisotopic (exact) mass is 493 g/mol. The maximum absolute atomic E-state index is 11.6. The molecular weight excluding hydrogens is 457 g/mol. The van der Waals surface area contributed by atoms with E-state index >= 15 is 0 Å². The SMILES string of the molecule is CCNC(=NCCCCn1ccccc1=O)NCCN(C)CCCOC.I. The van der Waals surface area contributed by atoms with Crippen molar-refractivity contribution in [3.8, 4) is 0 Å². The first-order valence-corrected chi connectivity index (χ1v) is 9.52. The molecule has 0 saturated carbocycles. The van der Waals surface area contributed by atoms with Crippen LogP contribution in [0, 0.1) is 0 Å². The van der Waals surface area contributed by atoms with Crippen molar-refractivity contribution >= 4 is 29.9 Å². The molecule has 1 heterocycles. The van der Waals surface area contributed by atoms with Crippen molar-refractivity contribution < 1.29 is 4.74 Å². The van der Waals surface area contributed by atoms with Gasteiger partial charge in [0.1, 0.15) is 0 Å². The number of aryl methyl sites for hydroxylation is 1. The van der Waals surface area contributed by atoms with Crippen molar-refractivity contribution in [1.82, 2.24) is 20.1 Å². The Labute approximate surface area is 180 Å². The highest BCUT2D eigenvalue weighted by atomic mass is 127. The number of hydrogen-bond donors (Lipinski definition) is 2. The molecule has 0 aliphatic rings. The summed E-state index contributed by atoms with van der Waals surface area (Å²) in [5.41, 5.74) is 0.0561. The Morgan fingerprint density at radius 2 is 2.04 bits per heavy atom. The number of methoxy groups -OCH3 is 1. The summed E-state index contributed by atoms with van der Waals surface area (Å²) >= 11 is 0. The van der Waals surface area contributed by atoms with Crippen LogP contribution in [-0.2, 0) is 11.3 Å². The molecule has 156 valence electrons. The van der Waals surface area contributed by atoms with Crippen molar-refractivity contribution in [2.45, 2.75) is 32.7 Å². The molecule has 0 unspecified atom stereocenters. The Balaban J connectivity index is 0.00000676. The number of aromatic nitrogens is 1. The van der Waals surface area contributed by atoms with Crippen LogP contribution in [0.15, 0.2) is 34.2 Å². The standard InChI is InChI=1S/C19H35N5O2.HI/c1-4-20-19(22-12-16-23(2)13-9-17-26-3)21-11-6-8-15-24-14-7-5-10-18(24)25;/h5,7,10,14H,4,6,8-9,11-13,15-17H2,1-3H3,(H2,20,21,22);1H. The van der Waals surface area contributed by atoms with E-state index in [-0.39, 0.29) is 29.5 Å². The molecule has 1 aromatic rings. The Hall–Kier alpha value is -1.13. The zero-order valence-electron chi connectivity index (χ0n) is 16.9. The minimum absolute atomic E-state index is 0. The minimum Gasteiger partial charge on any atom is -0.385 e. The molecule has 0 aromatic carbocycles. The highest BCUT2D eigenvalue weighted by molar-refractivity contribution is 14.0. The Kier molecular flexibility index (Phi) is 16.3. The lowest BCUT2D eigenvalue weighted by Crippen LogP contribution is -2.41. The normalized spacial score (nSPS) is 11.3. The average Bonchev–Trinajstić information content (AvgIpc) is 2.63. The highest BCUT2D eigenvalue weighted by Gasteiger charge is 2.00. The van der Waals surface area contributed by atoms with Crippen molar-refractivity contribution in [2.75, 3.05) is 53.5 Å². The largest absolute Gasteiger partial charge is 0.385 e. The second-order valence-electron chi connectivity index (χ2n) is 6.28. The van der Waals surface area contributed by atoms with Crippen molar-refractivity contribution in [2.24, 2.45) is 4.99 Å². The number of nitrogens with one attached hydrogen (secondary N) is 2. The van der Waals surface area contributed by atoms with Crippen LogP contribution in [0.2, 0.25) is 0 Å². The number of pyridine rings is 1. The van der Waals surface area contributed by atoms with E-state index in [4.69, 9.17) is 4.74 Å². The molecule has 1 rings (SSSR count). The molecule has 0 amide bonds. The van der Waals surface area contributed by atoms with E-state index in [1.54, 1.807) is 23.8 Å². The number of likely N-dealkylation sites (N-methyl/N-ethyl adjacent to an activating group) is 1. The zero-order valence-corrected chi connectivity index (χ0v) is 19.3. The van der Waals surface area contributed by atoms with Gasteiger partial charge in [0.15, 0.2) is 5.96 Å². The van der Waals surface area contributed by atoms with E-state index in [0.717, 1.165) is 71.1 Å². The first-order chi connectivity index (χ1) is 12.7. The number of rotatable bonds is 13. The highest BCUT2D eigenvalue weighted by Crippen LogP contribution is 1.94. The average molecular weight is 493 g/mol. The van der Waals surface area contributed by atoms with Crippen LogP contribution in [0.1, 0.15) is 26.2 Å². The van der Waals surface area contributed by atoms with Gasteiger partial charge in [0.25, 0.3) is 0 Å². The summed E-state index contributed by atoms with van der Waals surface area (Å²) in [6.07, 6.45) is 4.77. The van der Waals surface area contributed by atoms with E-state index in [9.17, 15) is 4.79 Å². The molecule has 7 nitrogen and oxygen atoms in total. The molecule has 27 heavy (non-hydrogen) atoms. The smallest absolute Gasteiger partial charge is 0.250 e. The zero-order chi connectivity index (χ0) is 19.0. The maximum atomic E-state index is 11.6. The van der Waals surface area contributed by atoms with Crippen LogP contribution in [-0.4, -0.2) is 68.9 Å². The van der Waals surface area contributed by atoms with Gasteiger partial charge in [0.05, 0.1) is 0 Å². The van der Waals surface area contributed by atoms with Crippen molar-refractivity contribution in [1.29, 1.82) is 0 Å². The third-order valence-corrected chi connectivity index (χ3v) is 3.99. The number of aliphatic imine (C=N–C) groups is 1. The predicted molar refractivity (Wildman–Crippen MR) is 123 cm³/mol. The maximum Gasteiger partial charge on any atom is 0.250 e. The van der Waals surface area contributed by atoms with Crippen molar-refractivity contribution in [3.63, 3.8) is 0 Å². The Bertz CT molecular complexity index is 565. The fourth-order valence-corrected chi connectivity index (χ4v) is 2.53. The Morgan fingerprint density at radius 1 is 1.22 bits per heavy atom. The number of guanidine groups is 1. The van der Waals surface area contributed by atoms with Gasteiger partial charge in [-0.05, 0) is 39.3 Å². The van der Waals surface area contributed by atoms with Crippen LogP contribution < -0.4 is 16.2 Å². The molecular formula is C19H36IN5O2. The quantitative estimate of drug-likeness (QED) is 0.190. The summed E-state index contributed by atoms with van der Waals surface area (Å²) in [6, 6.07) is 5.25. The van der Waals surface area contributed by atoms with E-state index in [1.165, 1.54) is 0 Å².